The summed E-state index contributed by atoms with van der Waals surface area (Å²) in [7, 11) is 3.18. The maximum absolute atomic E-state index is 9.54. The highest BCUT2D eigenvalue weighted by atomic mass is 32.1. The van der Waals surface area contributed by atoms with E-state index >= 15 is 0 Å². The minimum Gasteiger partial charge on any atom is -0.496 e. The molecule has 2 rings (SSSR count). The summed E-state index contributed by atoms with van der Waals surface area (Å²) in [6.45, 7) is -0.146. The summed E-state index contributed by atoms with van der Waals surface area (Å²) >= 11 is 5.02. The quantitative estimate of drug-likeness (QED) is 0.860. The van der Waals surface area contributed by atoms with Crippen molar-refractivity contribution in [1.82, 2.24) is 0 Å². The van der Waals surface area contributed by atoms with Crippen LogP contribution < -0.4 is 9.47 Å². The average Bonchev–Trinajstić information content (AvgIpc) is 2.44. The van der Waals surface area contributed by atoms with Gasteiger partial charge in [-0.25, -0.2) is 0 Å². The molecule has 0 saturated heterocycles. The van der Waals surface area contributed by atoms with Gasteiger partial charge in [0.1, 0.15) is 11.5 Å². The van der Waals surface area contributed by atoms with E-state index in [1.165, 1.54) is 5.37 Å². The molecule has 3 nitrogen and oxygen atoms in total. The minimum atomic E-state index is -0.146. The van der Waals surface area contributed by atoms with Gasteiger partial charge in [0, 0.05) is 27.3 Å². The molecule has 0 radical (unpaired) electrons. The van der Waals surface area contributed by atoms with Crippen molar-refractivity contribution in [1.29, 1.82) is 0 Å². The zero-order valence-corrected chi connectivity index (χ0v) is 11.1. The fourth-order valence-electron chi connectivity index (χ4n) is 2.18. The number of hydrogen-bond donors (Lipinski definition) is 1. The van der Waals surface area contributed by atoms with Gasteiger partial charge in [-0.05, 0) is 0 Å². The van der Waals surface area contributed by atoms with E-state index in [1.807, 2.05) is 24.3 Å². The molecule has 2 aromatic rings. The predicted molar refractivity (Wildman–Crippen MR) is 75.7 cm³/mol. The number of aliphatic hydroxyl groups is 1. The first-order valence-electron chi connectivity index (χ1n) is 5.50. The van der Waals surface area contributed by atoms with Crippen molar-refractivity contribution >= 4 is 28.4 Å². The lowest BCUT2D eigenvalue weighted by Crippen LogP contribution is -2.02. The normalized spacial score (nSPS) is 10.4. The molecule has 0 saturated carbocycles. The molecule has 0 unspecified atom stereocenters. The van der Waals surface area contributed by atoms with Crippen LogP contribution in [0.15, 0.2) is 24.3 Å². The van der Waals surface area contributed by atoms with E-state index in [0.717, 1.165) is 10.8 Å². The van der Waals surface area contributed by atoms with Crippen LogP contribution in [-0.2, 0) is 6.61 Å². The van der Waals surface area contributed by atoms with Crippen molar-refractivity contribution in [3.63, 3.8) is 0 Å². The summed E-state index contributed by atoms with van der Waals surface area (Å²) < 4.78 is 10.8. The average molecular weight is 262 g/mol. The van der Waals surface area contributed by atoms with Gasteiger partial charge >= 0.3 is 0 Å². The summed E-state index contributed by atoms with van der Waals surface area (Å²) in [6.07, 6.45) is 0. The van der Waals surface area contributed by atoms with Crippen LogP contribution in [0.5, 0.6) is 11.5 Å². The van der Waals surface area contributed by atoms with Crippen LogP contribution in [0.1, 0.15) is 11.1 Å². The molecule has 0 aliphatic heterocycles. The van der Waals surface area contributed by atoms with Gasteiger partial charge in [0.15, 0.2) is 0 Å². The van der Waals surface area contributed by atoms with Crippen LogP contribution in [0.2, 0.25) is 0 Å². The molecule has 0 fully saturated rings. The van der Waals surface area contributed by atoms with Crippen molar-refractivity contribution in [2.45, 2.75) is 6.61 Å². The second-order valence-electron chi connectivity index (χ2n) is 3.78. The summed E-state index contributed by atoms with van der Waals surface area (Å²) in [4.78, 5) is 0. The molecule has 0 bridgehead atoms. The van der Waals surface area contributed by atoms with Crippen LogP contribution >= 0.6 is 12.2 Å². The molecular weight excluding hydrogens is 248 g/mol. The van der Waals surface area contributed by atoms with E-state index in [2.05, 4.69) is 0 Å². The SMILES string of the molecule is COc1c(C=S)c(CO)c(OC)c2ccccc12. The second-order valence-corrected chi connectivity index (χ2v) is 4.02. The Morgan fingerprint density at radius 2 is 1.67 bits per heavy atom. The first kappa shape index (κ1) is 12.8. The van der Waals surface area contributed by atoms with Crippen molar-refractivity contribution < 1.29 is 14.6 Å². The number of fused-ring (bicyclic) bond motifs is 1. The zero-order chi connectivity index (χ0) is 13.1. The fourth-order valence-corrected chi connectivity index (χ4v) is 2.43. The molecular formula is C14H14O3S. The van der Waals surface area contributed by atoms with Crippen molar-refractivity contribution in [3.05, 3.63) is 35.4 Å². The lowest BCUT2D eigenvalue weighted by atomic mass is 9.99. The standard InChI is InChI=1S/C14H14O3S/c1-16-13-9-5-3-4-6-10(9)14(17-2)12(8-18)11(13)7-15/h3-6,8,15H,7H2,1-2H3. The van der Waals surface area contributed by atoms with E-state index in [1.54, 1.807) is 14.2 Å². The third kappa shape index (κ3) is 1.83. The third-order valence-corrected chi connectivity index (χ3v) is 3.18. The smallest absolute Gasteiger partial charge is 0.135 e. The number of ether oxygens (including phenoxy) is 2. The molecule has 4 heteroatoms. The Morgan fingerprint density at radius 3 is 2.11 bits per heavy atom. The number of thiocarbonyl (C=S) groups is 1. The summed E-state index contributed by atoms with van der Waals surface area (Å²) in [5.74, 6) is 1.32. The number of benzene rings is 2. The summed E-state index contributed by atoms with van der Waals surface area (Å²) in [5, 5.41) is 12.9. The molecule has 2 aromatic carbocycles. The molecule has 94 valence electrons. The second kappa shape index (κ2) is 5.33. The van der Waals surface area contributed by atoms with E-state index in [0.29, 0.717) is 22.6 Å². The topological polar surface area (TPSA) is 38.7 Å². The predicted octanol–water partition coefficient (Wildman–Crippen LogP) is 2.70. The minimum absolute atomic E-state index is 0.146. The molecule has 0 atom stereocenters. The monoisotopic (exact) mass is 262 g/mol. The van der Waals surface area contributed by atoms with Crippen molar-refractivity contribution in [2.24, 2.45) is 0 Å². The van der Waals surface area contributed by atoms with Crippen LogP contribution in [0.25, 0.3) is 10.8 Å². The highest BCUT2D eigenvalue weighted by molar-refractivity contribution is 7.79. The van der Waals surface area contributed by atoms with Gasteiger partial charge < -0.3 is 14.6 Å². The Labute approximate surface area is 111 Å². The highest BCUT2D eigenvalue weighted by Crippen LogP contribution is 2.39. The molecule has 0 aromatic heterocycles. The van der Waals surface area contributed by atoms with Gasteiger partial charge in [-0.3, -0.25) is 0 Å². The third-order valence-electron chi connectivity index (χ3n) is 2.94. The first-order chi connectivity index (χ1) is 8.78. The Morgan fingerprint density at radius 1 is 1.11 bits per heavy atom. The van der Waals surface area contributed by atoms with Gasteiger partial charge in [-0.1, -0.05) is 36.5 Å². The number of rotatable bonds is 4. The zero-order valence-electron chi connectivity index (χ0n) is 10.3. The molecule has 0 aliphatic rings. The fraction of sp³-hybridized carbons (Fsp3) is 0.214. The van der Waals surface area contributed by atoms with Gasteiger partial charge in [-0.15, -0.1) is 0 Å². The number of aliphatic hydroxyl groups excluding tert-OH is 1. The van der Waals surface area contributed by atoms with Gasteiger partial charge in [-0.2, -0.15) is 0 Å². The summed E-state index contributed by atoms with van der Waals surface area (Å²) in [6, 6.07) is 7.72. The first-order valence-corrected chi connectivity index (χ1v) is 5.97. The van der Waals surface area contributed by atoms with Crippen LogP contribution in [0, 0.1) is 0 Å². The lowest BCUT2D eigenvalue weighted by Gasteiger charge is -2.17. The molecule has 18 heavy (non-hydrogen) atoms. The highest BCUT2D eigenvalue weighted by Gasteiger charge is 2.18. The van der Waals surface area contributed by atoms with Crippen molar-refractivity contribution in [3.8, 4) is 11.5 Å². The van der Waals surface area contributed by atoms with E-state index < -0.39 is 0 Å². The van der Waals surface area contributed by atoms with Gasteiger partial charge in [0.25, 0.3) is 0 Å². The molecule has 0 aliphatic carbocycles. The van der Waals surface area contributed by atoms with Crippen LogP contribution in [0.3, 0.4) is 0 Å². The van der Waals surface area contributed by atoms with Crippen molar-refractivity contribution in [2.75, 3.05) is 14.2 Å². The van der Waals surface area contributed by atoms with E-state index in [9.17, 15) is 5.11 Å². The largest absolute Gasteiger partial charge is 0.496 e. The van der Waals surface area contributed by atoms with Gasteiger partial charge in [0.2, 0.25) is 0 Å². The maximum Gasteiger partial charge on any atom is 0.135 e. The lowest BCUT2D eigenvalue weighted by molar-refractivity contribution is 0.273. The number of hydrogen-bond acceptors (Lipinski definition) is 4. The molecule has 0 amide bonds. The van der Waals surface area contributed by atoms with Crippen LogP contribution in [0.4, 0.5) is 0 Å². The Hall–Kier alpha value is -1.65. The van der Waals surface area contributed by atoms with E-state index in [-0.39, 0.29) is 6.61 Å². The maximum atomic E-state index is 9.54. The van der Waals surface area contributed by atoms with Gasteiger partial charge in [0.05, 0.1) is 20.8 Å². The Kier molecular flexibility index (Phi) is 3.79. The molecule has 1 N–H and O–H groups in total. The molecule has 0 heterocycles. The molecule has 0 spiro atoms. The summed E-state index contributed by atoms with van der Waals surface area (Å²) in [5.41, 5.74) is 1.36. The van der Waals surface area contributed by atoms with E-state index in [4.69, 9.17) is 21.7 Å². The Balaban J connectivity index is 2.99. The van der Waals surface area contributed by atoms with Crippen LogP contribution in [-0.4, -0.2) is 24.7 Å². The number of methoxy groups -OCH3 is 2. The Bertz CT molecular complexity index is 593.